The van der Waals surface area contributed by atoms with Crippen LogP contribution < -0.4 is 0 Å². The van der Waals surface area contributed by atoms with Gasteiger partial charge in [0.2, 0.25) is 0 Å². The summed E-state index contributed by atoms with van der Waals surface area (Å²) in [5.74, 6) is -1.91. The maximum absolute atomic E-state index is 12.4. The van der Waals surface area contributed by atoms with Crippen molar-refractivity contribution in [2.45, 2.75) is 13.0 Å². The van der Waals surface area contributed by atoms with Gasteiger partial charge in [-0.2, -0.15) is 0 Å². The lowest BCUT2D eigenvalue weighted by Gasteiger charge is -2.29. The van der Waals surface area contributed by atoms with Crippen molar-refractivity contribution in [2.75, 3.05) is 19.8 Å². The number of ether oxygens (including phenoxy) is 1. The van der Waals surface area contributed by atoms with Gasteiger partial charge in [0.25, 0.3) is 5.91 Å². The maximum Gasteiger partial charge on any atom is 0.311 e. The van der Waals surface area contributed by atoms with Crippen molar-refractivity contribution in [3.05, 3.63) is 29.0 Å². The van der Waals surface area contributed by atoms with Crippen LogP contribution in [0.2, 0.25) is 5.15 Å². The smallest absolute Gasteiger partial charge is 0.311 e. The molecular weight excluding hydrogens is 284 g/mol. The van der Waals surface area contributed by atoms with Crippen LogP contribution >= 0.6 is 11.6 Å². The monoisotopic (exact) mass is 298 g/mol. The van der Waals surface area contributed by atoms with Gasteiger partial charge in [-0.3, -0.25) is 9.59 Å². The van der Waals surface area contributed by atoms with Gasteiger partial charge in [0.05, 0.1) is 24.8 Å². The molecule has 0 radical (unpaired) electrons. The fourth-order valence-electron chi connectivity index (χ4n) is 2.28. The van der Waals surface area contributed by atoms with Crippen LogP contribution in [0, 0.1) is 5.92 Å². The summed E-state index contributed by atoms with van der Waals surface area (Å²) in [6.45, 7) is 2.57. The van der Waals surface area contributed by atoms with Gasteiger partial charge in [0.1, 0.15) is 11.1 Å². The third-order valence-electron chi connectivity index (χ3n) is 3.34. The first-order valence-electron chi connectivity index (χ1n) is 6.27. The van der Waals surface area contributed by atoms with Gasteiger partial charge in [-0.15, -0.1) is 0 Å². The van der Waals surface area contributed by atoms with Crippen LogP contribution in [0.25, 0.3) is 0 Å². The molecule has 0 spiro atoms. The summed E-state index contributed by atoms with van der Waals surface area (Å²) in [6, 6.07) is 2.65. The van der Waals surface area contributed by atoms with E-state index >= 15 is 0 Å². The highest BCUT2D eigenvalue weighted by Gasteiger charge is 2.39. The standard InChI is InChI=1S/C13H15ClN2O4/c1-2-16(10-7-20-6-9(10)13(18)19)12(17)8-3-4-11(14)15-5-8/h3-5,9-10H,2,6-7H2,1H3,(H,18,19). The van der Waals surface area contributed by atoms with E-state index in [4.69, 9.17) is 21.4 Å². The molecule has 2 atom stereocenters. The molecule has 6 nitrogen and oxygen atoms in total. The van der Waals surface area contributed by atoms with Gasteiger partial charge in [-0.25, -0.2) is 4.98 Å². The molecule has 1 fully saturated rings. The Kier molecular flexibility index (Phi) is 4.57. The molecule has 0 saturated carbocycles. The number of hydrogen-bond acceptors (Lipinski definition) is 4. The fraction of sp³-hybridized carbons (Fsp3) is 0.462. The predicted octanol–water partition coefficient (Wildman–Crippen LogP) is 1.30. The zero-order valence-corrected chi connectivity index (χ0v) is 11.7. The third-order valence-corrected chi connectivity index (χ3v) is 3.57. The number of carboxylic acid groups (broad SMARTS) is 1. The van der Waals surface area contributed by atoms with Crippen LogP contribution in [0.15, 0.2) is 18.3 Å². The second-order valence-corrected chi connectivity index (χ2v) is 4.90. The van der Waals surface area contributed by atoms with E-state index in [1.807, 2.05) is 0 Å². The lowest BCUT2D eigenvalue weighted by molar-refractivity contribution is -0.142. The van der Waals surface area contributed by atoms with Crippen LogP contribution in [0.5, 0.6) is 0 Å². The molecule has 1 N–H and O–H groups in total. The molecule has 1 aromatic heterocycles. The number of halogens is 1. The summed E-state index contributed by atoms with van der Waals surface area (Å²) in [5.41, 5.74) is 0.382. The first-order chi connectivity index (χ1) is 9.54. The lowest BCUT2D eigenvalue weighted by Crippen LogP contribution is -2.46. The molecule has 2 unspecified atom stereocenters. The number of pyridine rings is 1. The van der Waals surface area contributed by atoms with Crippen molar-refractivity contribution in [1.29, 1.82) is 0 Å². The van der Waals surface area contributed by atoms with Crippen molar-refractivity contribution in [1.82, 2.24) is 9.88 Å². The molecule has 2 rings (SSSR count). The normalized spacial score (nSPS) is 21.7. The van der Waals surface area contributed by atoms with Crippen molar-refractivity contribution in [2.24, 2.45) is 5.92 Å². The fourth-order valence-corrected chi connectivity index (χ4v) is 2.39. The number of rotatable bonds is 4. The van der Waals surface area contributed by atoms with E-state index in [9.17, 15) is 9.59 Å². The predicted molar refractivity (Wildman–Crippen MR) is 71.7 cm³/mol. The van der Waals surface area contributed by atoms with Gasteiger partial charge >= 0.3 is 5.97 Å². The minimum Gasteiger partial charge on any atom is -0.481 e. The summed E-state index contributed by atoms with van der Waals surface area (Å²) >= 11 is 5.69. The lowest BCUT2D eigenvalue weighted by atomic mass is 10.0. The van der Waals surface area contributed by atoms with Crippen LogP contribution in [0.3, 0.4) is 0 Å². The summed E-state index contributed by atoms with van der Waals surface area (Å²) in [7, 11) is 0. The van der Waals surface area contributed by atoms with Crippen LogP contribution in [-0.4, -0.2) is 52.7 Å². The van der Waals surface area contributed by atoms with Crippen molar-refractivity contribution in [3.8, 4) is 0 Å². The third kappa shape index (κ3) is 2.91. The van der Waals surface area contributed by atoms with Crippen LogP contribution in [0.4, 0.5) is 0 Å². The molecule has 1 aliphatic rings. The molecule has 108 valence electrons. The van der Waals surface area contributed by atoms with Crippen LogP contribution in [-0.2, 0) is 9.53 Å². The zero-order chi connectivity index (χ0) is 14.7. The Morgan fingerprint density at radius 3 is 2.80 bits per heavy atom. The molecule has 0 aliphatic carbocycles. The van der Waals surface area contributed by atoms with Crippen molar-refractivity contribution in [3.63, 3.8) is 0 Å². The molecule has 1 aliphatic heterocycles. The average Bonchev–Trinajstić information content (AvgIpc) is 2.89. The Morgan fingerprint density at radius 1 is 1.50 bits per heavy atom. The Labute approximate surface area is 121 Å². The minimum absolute atomic E-state index is 0.128. The number of hydrogen-bond donors (Lipinski definition) is 1. The van der Waals surface area contributed by atoms with Crippen LogP contribution in [0.1, 0.15) is 17.3 Å². The zero-order valence-electron chi connectivity index (χ0n) is 11.0. The highest BCUT2D eigenvalue weighted by molar-refractivity contribution is 6.29. The van der Waals surface area contributed by atoms with E-state index in [1.54, 1.807) is 13.0 Å². The van der Waals surface area contributed by atoms with E-state index in [-0.39, 0.29) is 19.1 Å². The average molecular weight is 299 g/mol. The number of carbonyl (C=O) groups excluding carboxylic acids is 1. The number of aliphatic carboxylic acids is 1. The highest BCUT2D eigenvalue weighted by atomic mass is 35.5. The minimum atomic E-state index is -0.951. The number of carbonyl (C=O) groups is 2. The van der Waals surface area contributed by atoms with Gasteiger partial charge in [0.15, 0.2) is 0 Å². The van der Waals surface area contributed by atoms with E-state index in [0.717, 1.165) is 0 Å². The topological polar surface area (TPSA) is 79.7 Å². The first kappa shape index (κ1) is 14.7. The maximum atomic E-state index is 12.4. The second kappa shape index (κ2) is 6.19. The quantitative estimate of drug-likeness (QED) is 0.848. The Bertz CT molecular complexity index is 506. The van der Waals surface area contributed by atoms with Gasteiger partial charge in [0, 0.05) is 12.7 Å². The largest absolute Gasteiger partial charge is 0.481 e. The molecule has 0 aromatic carbocycles. The number of carboxylic acids is 1. The van der Waals surface area contributed by atoms with E-state index in [2.05, 4.69) is 4.98 Å². The van der Waals surface area contributed by atoms with E-state index in [0.29, 0.717) is 17.3 Å². The summed E-state index contributed by atoms with van der Waals surface area (Å²) in [4.78, 5) is 29.0. The summed E-state index contributed by atoms with van der Waals surface area (Å²) < 4.78 is 5.21. The number of likely N-dealkylation sites (N-methyl/N-ethyl adjacent to an activating group) is 1. The summed E-state index contributed by atoms with van der Waals surface area (Å²) in [5, 5.41) is 9.47. The molecule has 1 saturated heterocycles. The highest BCUT2D eigenvalue weighted by Crippen LogP contribution is 2.22. The molecular formula is C13H15ClN2O4. The number of nitrogens with zero attached hydrogens (tertiary/aromatic N) is 2. The summed E-state index contributed by atoms with van der Waals surface area (Å²) in [6.07, 6.45) is 1.39. The van der Waals surface area contributed by atoms with Crippen molar-refractivity contribution >= 4 is 23.5 Å². The molecule has 0 bridgehead atoms. The Hall–Kier alpha value is -1.66. The number of amides is 1. The number of aromatic nitrogens is 1. The SMILES string of the molecule is CCN(C(=O)c1ccc(Cl)nc1)C1COCC1C(=O)O. The second-order valence-electron chi connectivity index (χ2n) is 4.51. The van der Waals surface area contributed by atoms with Gasteiger partial charge < -0.3 is 14.7 Å². The first-order valence-corrected chi connectivity index (χ1v) is 6.65. The van der Waals surface area contributed by atoms with E-state index < -0.39 is 17.9 Å². The molecule has 2 heterocycles. The van der Waals surface area contributed by atoms with Gasteiger partial charge in [-0.1, -0.05) is 11.6 Å². The Balaban J connectivity index is 2.21. The molecule has 1 amide bonds. The van der Waals surface area contributed by atoms with E-state index in [1.165, 1.54) is 17.2 Å². The van der Waals surface area contributed by atoms with Crippen molar-refractivity contribution < 1.29 is 19.4 Å². The Morgan fingerprint density at radius 2 is 2.25 bits per heavy atom. The molecule has 20 heavy (non-hydrogen) atoms. The molecule has 1 aromatic rings. The molecule has 7 heteroatoms. The van der Waals surface area contributed by atoms with Gasteiger partial charge in [-0.05, 0) is 19.1 Å².